The molecular formula is C14H12BrN3OS. The van der Waals surface area contributed by atoms with Crippen LogP contribution in [0.3, 0.4) is 0 Å². The van der Waals surface area contributed by atoms with Crippen LogP contribution >= 0.6 is 27.3 Å². The van der Waals surface area contributed by atoms with Crippen molar-refractivity contribution in [2.24, 2.45) is 0 Å². The molecule has 0 atom stereocenters. The van der Waals surface area contributed by atoms with Gasteiger partial charge in [0.2, 0.25) is 0 Å². The van der Waals surface area contributed by atoms with Gasteiger partial charge in [-0.05, 0) is 22.0 Å². The molecule has 0 spiro atoms. The van der Waals surface area contributed by atoms with E-state index in [2.05, 4.69) is 43.4 Å². The number of aromatic nitrogens is 2. The van der Waals surface area contributed by atoms with Gasteiger partial charge in [0, 0.05) is 28.1 Å². The number of benzene rings is 1. The lowest BCUT2D eigenvalue weighted by Crippen LogP contribution is -2.03. The van der Waals surface area contributed by atoms with E-state index < -0.39 is 0 Å². The minimum Gasteiger partial charge on any atom is -0.383 e. The van der Waals surface area contributed by atoms with Gasteiger partial charge in [-0.25, -0.2) is 9.97 Å². The highest BCUT2D eigenvalue weighted by Gasteiger charge is 2.14. The molecule has 6 heteroatoms. The number of anilines is 1. The van der Waals surface area contributed by atoms with E-state index in [1.807, 2.05) is 12.1 Å². The van der Waals surface area contributed by atoms with E-state index in [9.17, 15) is 0 Å². The van der Waals surface area contributed by atoms with Crippen molar-refractivity contribution in [1.29, 1.82) is 0 Å². The molecule has 2 heterocycles. The minimum atomic E-state index is 0.391. The summed E-state index contributed by atoms with van der Waals surface area (Å²) in [6.45, 7) is 0.391. The number of rotatable bonds is 3. The Bertz CT molecular complexity index is 772. The molecule has 0 amide bonds. The summed E-state index contributed by atoms with van der Waals surface area (Å²) < 4.78 is 7.06. The van der Waals surface area contributed by atoms with Crippen molar-refractivity contribution in [3.8, 4) is 11.4 Å². The maximum absolute atomic E-state index is 5.95. The number of methoxy groups -OCH3 is 1. The molecule has 0 bridgehead atoms. The number of hydrogen-bond donors (Lipinski definition) is 1. The summed E-state index contributed by atoms with van der Waals surface area (Å²) in [5.41, 5.74) is 7.71. The summed E-state index contributed by atoms with van der Waals surface area (Å²) in [4.78, 5) is 8.94. The minimum absolute atomic E-state index is 0.391. The first-order chi connectivity index (χ1) is 9.70. The zero-order valence-corrected chi connectivity index (χ0v) is 13.2. The Morgan fingerprint density at radius 1 is 1.30 bits per heavy atom. The van der Waals surface area contributed by atoms with Crippen LogP contribution in [0.5, 0.6) is 0 Å². The van der Waals surface area contributed by atoms with Gasteiger partial charge in [-0.3, -0.25) is 0 Å². The lowest BCUT2D eigenvalue weighted by Gasteiger charge is -2.08. The van der Waals surface area contributed by atoms with E-state index in [4.69, 9.17) is 10.5 Å². The van der Waals surface area contributed by atoms with Crippen LogP contribution in [0, 0.1) is 0 Å². The Morgan fingerprint density at radius 2 is 2.10 bits per heavy atom. The third-order valence-electron chi connectivity index (χ3n) is 2.95. The van der Waals surface area contributed by atoms with Crippen molar-refractivity contribution in [3.63, 3.8) is 0 Å². The average Bonchev–Trinajstić information content (AvgIpc) is 2.88. The van der Waals surface area contributed by atoms with Gasteiger partial charge in [0.1, 0.15) is 5.82 Å². The molecule has 0 aliphatic heterocycles. The lowest BCUT2D eigenvalue weighted by molar-refractivity contribution is 0.181. The first-order valence-electron chi connectivity index (χ1n) is 5.98. The summed E-state index contributed by atoms with van der Waals surface area (Å²) in [6.07, 6.45) is 0. The number of halogens is 1. The molecule has 0 aliphatic rings. The quantitative estimate of drug-likeness (QED) is 0.779. The van der Waals surface area contributed by atoms with Crippen LogP contribution in [-0.2, 0) is 11.3 Å². The largest absolute Gasteiger partial charge is 0.383 e. The van der Waals surface area contributed by atoms with Gasteiger partial charge in [-0.1, -0.05) is 18.2 Å². The fraction of sp³-hybridized carbons (Fsp3) is 0.143. The average molecular weight is 350 g/mol. The molecule has 2 N–H and O–H groups in total. The molecule has 2 aromatic heterocycles. The van der Waals surface area contributed by atoms with Crippen LogP contribution in [0.25, 0.3) is 21.5 Å². The molecule has 102 valence electrons. The first kappa shape index (κ1) is 13.5. The van der Waals surface area contributed by atoms with E-state index in [-0.39, 0.29) is 0 Å². The third-order valence-corrected chi connectivity index (χ3v) is 4.78. The van der Waals surface area contributed by atoms with Gasteiger partial charge >= 0.3 is 0 Å². The first-order valence-corrected chi connectivity index (χ1v) is 7.65. The number of ether oxygens (including phenoxy) is 1. The number of thiophene rings is 1. The summed E-state index contributed by atoms with van der Waals surface area (Å²) in [6, 6.07) is 8.19. The Morgan fingerprint density at radius 3 is 2.90 bits per heavy atom. The highest BCUT2D eigenvalue weighted by molar-refractivity contribution is 9.10. The Labute approximate surface area is 128 Å². The van der Waals surface area contributed by atoms with Crippen LogP contribution in [0.1, 0.15) is 5.69 Å². The number of fused-ring (bicyclic) bond motifs is 1. The fourth-order valence-corrected chi connectivity index (χ4v) is 3.25. The summed E-state index contributed by atoms with van der Waals surface area (Å²) in [5.74, 6) is 1.06. The summed E-state index contributed by atoms with van der Waals surface area (Å²) >= 11 is 5.08. The lowest BCUT2D eigenvalue weighted by atomic mass is 10.1. The Hall–Kier alpha value is -1.50. The van der Waals surface area contributed by atoms with Crippen LogP contribution in [-0.4, -0.2) is 17.1 Å². The standard InChI is InChI=1S/C14H12BrN3OS/c1-19-6-10-12(15)13(16)18-14(17-10)9-7-20-11-5-3-2-4-8(9)11/h2-5,7H,6H2,1H3,(H2,16,17,18). The molecule has 0 unspecified atom stereocenters. The molecule has 20 heavy (non-hydrogen) atoms. The SMILES string of the molecule is COCc1nc(-c2csc3ccccc23)nc(N)c1Br. The van der Waals surface area contributed by atoms with Crippen LogP contribution < -0.4 is 5.73 Å². The molecule has 0 aliphatic carbocycles. The Balaban J connectivity index is 2.19. The number of nitrogens with zero attached hydrogens (tertiary/aromatic N) is 2. The topological polar surface area (TPSA) is 61.0 Å². The molecule has 0 saturated carbocycles. The monoisotopic (exact) mass is 349 g/mol. The van der Waals surface area contributed by atoms with Gasteiger partial charge in [0.05, 0.1) is 16.8 Å². The zero-order chi connectivity index (χ0) is 14.1. The van der Waals surface area contributed by atoms with Crippen molar-refractivity contribution in [2.45, 2.75) is 6.61 Å². The maximum atomic E-state index is 5.95. The fourth-order valence-electron chi connectivity index (χ4n) is 2.02. The molecule has 3 rings (SSSR count). The second-order valence-corrected chi connectivity index (χ2v) is 5.98. The zero-order valence-electron chi connectivity index (χ0n) is 10.8. The second kappa shape index (κ2) is 5.47. The van der Waals surface area contributed by atoms with Crippen LogP contribution in [0.4, 0.5) is 5.82 Å². The van der Waals surface area contributed by atoms with Crippen molar-refractivity contribution < 1.29 is 4.74 Å². The van der Waals surface area contributed by atoms with E-state index in [1.54, 1.807) is 18.4 Å². The predicted molar refractivity (Wildman–Crippen MR) is 85.7 cm³/mol. The molecule has 0 radical (unpaired) electrons. The highest BCUT2D eigenvalue weighted by atomic mass is 79.9. The molecule has 1 aromatic carbocycles. The second-order valence-electron chi connectivity index (χ2n) is 4.27. The summed E-state index contributed by atoms with van der Waals surface area (Å²) in [7, 11) is 1.63. The van der Waals surface area contributed by atoms with Crippen molar-refractivity contribution >= 4 is 43.2 Å². The van der Waals surface area contributed by atoms with E-state index in [0.717, 1.165) is 16.6 Å². The van der Waals surface area contributed by atoms with Gasteiger partial charge < -0.3 is 10.5 Å². The van der Waals surface area contributed by atoms with Crippen molar-refractivity contribution in [3.05, 3.63) is 39.8 Å². The molecule has 0 saturated heterocycles. The van der Waals surface area contributed by atoms with Crippen molar-refractivity contribution in [1.82, 2.24) is 9.97 Å². The van der Waals surface area contributed by atoms with Crippen molar-refractivity contribution in [2.75, 3.05) is 12.8 Å². The highest BCUT2D eigenvalue weighted by Crippen LogP contribution is 2.34. The molecule has 0 fully saturated rings. The van der Waals surface area contributed by atoms with Gasteiger partial charge in [0.15, 0.2) is 5.82 Å². The number of nitrogens with two attached hydrogens (primary N) is 1. The number of nitrogen functional groups attached to an aromatic ring is 1. The molecular weight excluding hydrogens is 338 g/mol. The maximum Gasteiger partial charge on any atom is 0.163 e. The van der Waals surface area contributed by atoms with Gasteiger partial charge in [-0.2, -0.15) is 0 Å². The van der Waals surface area contributed by atoms with Gasteiger partial charge in [-0.15, -0.1) is 11.3 Å². The van der Waals surface area contributed by atoms with E-state index in [0.29, 0.717) is 22.7 Å². The predicted octanol–water partition coefficient (Wildman–Crippen LogP) is 3.85. The van der Waals surface area contributed by atoms with Crippen LogP contribution in [0.15, 0.2) is 34.1 Å². The van der Waals surface area contributed by atoms with Crippen LogP contribution in [0.2, 0.25) is 0 Å². The molecule has 4 nitrogen and oxygen atoms in total. The van der Waals surface area contributed by atoms with Gasteiger partial charge in [0.25, 0.3) is 0 Å². The third kappa shape index (κ3) is 2.30. The summed E-state index contributed by atoms with van der Waals surface area (Å²) in [5, 5.41) is 3.20. The van der Waals surface area contributed by atoms with E-state index in [1.165, 1.54) is 4.70 Å². The molecule has 3 aromatic rings. The Kier molecular flexibility index (Phi) is 3.69. The van der Waals surface area contributed by atoms with E-state index >= 15 is 0 Å². The normalized spacial score (nSPS) is 11.1. The number of hydrogen-bond acceptors (Lipinski definition) is 5. The smallest absolute Gasteiger partial charge is 0.163 e.